The number of esters is 1. The number of amides is 1. The van der Waals surface area contributed by atoms with Crippen LogP contribution >= 0.6 is 0 Å². The Kier molecular flexibility index (Phi) is 57.0. The van der Waals surface area contributed by atoms with Crippen molar-refractivity contribution in [3.8, 4) is 0 Å². The zero-order chi connectivity index (χ0) is 50.0. The smallest absolute Gasteiger partial charge is 0.305 e. The number of allylic oxidation sites excluding steroid dienone is 5. The lowest BCUT2D eigenvalue weighted by Crippen LogP contribution is -2.45. The highest BCUT2D eigenvalue weighted by Gasteiger charge is 2.18. The molecule has 1 amide bonds. The fraction of sp³-hybridized carbons (Fsp3) is 0.873. The predicted octanol–water partition coefficient (Wildman–Crippen LogP) is 19.2. The van der Waals surface area contributed by atoms with E-state index in [1.165, 1.54) is 244 Å². The molecule has 3 N–H and O–H groups in total. The van der Waals surface area contributed by atoms with E-state index in [9.17, 15) is 19.8 Å². The van der Waals surface area contributed by atoms with Crippen molar-refractivity contribution in [2.75, 3.05) is 13.2 Å². The second-order valence-electron chi connectivity index (χ2n) is 21.0. The van der Waals surface area contributed by atoms with Gasteiger partial charge in [0.05, 0.1) is 25.4 Å². The van der Waals surface area contributed by atoms with Crippen LogP contribution in [0, 0.1) is 0 Å². The second-order valence-corrected chi connectivity index (χ2v) is 21.0. The third kappa shape index (κ3) is 55.2. The quantitative estimate of drug-likeness (QED) is 0.0321. The van der Waals surface area contributed by atoms with Crippen LogP contribution in [0.15, 0.2) is 36.5 Å². The van der Waals surface area contributed by atoms with Gasteiger partial charge in [-0.3, -0.25) is 9.59 Å². The fourth-order valence-electron chi connectivity index (χ4n) is 9.43. The van der Waals surface area contributed by atoms with Gasteiger partial charge in [-0.2, -0.15) is 0 Å². The van der Waals surface area contributed by atoms with Crippen molar-refractivity contribution in [2.24, 2.45) is 0 Å². The van der Waals surface area contributed by atoms with Gasteiger partial charge in [0.2, 0.25) is 5.91 Å². The van der Waals surface area contributed by atoms with E-state index in [0.29, 0.717) is 19.4 Å². The summed E-state index contributed by atoms with van der Waals surface area (Å²) in [5.41, 5.74) is 0. The zero-order valence-electron chi connectivity index (χ0n) is 46.3. The highest BCUT2D eigenvalue weighted by Crippen LogP contribution is 2.17. The van der Waals surface area contributed by atoms with Gasteiger partial charge in [-0.15, -0.1) is 0 Å². The summed E-state index contributed by atoms with van der Waals surface area (Å²) in [5.74, 6) is -0.0687. The molecule has 6 nitrogen and oxygen atoms in total. The summed E-state index contributed by atoms with van der Waals surface area (Å²) in [6, 6.07) is -0.635. The second kappa shape index (κ2) is 58.6. The summed E-state index contributed by atoms with van der Waals surface area (Å²) in [4.78, 5) is 24.5. The lowest BCUT2D eigenvalue weighted by molar-refractivity contribution is -0.143. The molecule has 0 saturated carbocycles. The third-order valence-corrected chi connectivity index (χ3v) is 14.2. The number of aliphatic hydroxyl groups is 2. The molecule has 0 heterocycles. The minimum absolute atomic E-state index is 0.00874. The molecular formula is C63H119NO5. The molecule has 0 aromatic heterocycles. The first-order chi connectivity index (χ1) is 34.0. The van der Waals surface area contributed by atoms with Crippen LogP contribution in [0.2, 0.25) is 0 Å². The number of nitrogens with one attached hydrogen (secondary N) is 1. The molecule has 0 aromatic carbocycles. The number of carbonyl (C=O) groups is 2. The molecule has 2 unspecified atom stereocenters. The number of ether oxygens (including phenoxy) is 1. The largest absolute Gasteiger partial charge is 0.466 e. The van der Waals surface area contributed by atoms with Crippen molar-refractivity contribution in [3.05, 3.63) is 36.5 Å². The summed E-state index contributed by atoms with van der Waals surface area (Å²) < 4.78 is 5.48. The van der Waals surface area contributed by atoms with E-state index in [1.807, 2.05) is 6.08 Å². The number of hydrogen-bond acceptors (Lipinski definition) is 5. The van der Waals surface area contributed by atoms with Crippen molar-refractivity contribution < 1.29 is 24.5 Å². The normalized spacial score (nSPS) is 12.8. The minimum Gasteiger partial charge on any atom is -0.466 e. The van der Waals surface area contributed by atoms with Crippen molar-refractivity contribution in [2.45, 2.75) is 341 Å². The zero-order valence-corrected chi connectivity index (χ0v) is 46.3. The summed E-state index contributed by atoms with van der Waals surface area (Å²) in [6.07, 6.45) is 73.2. The lowest BCUT2D eigenvalue weighted by Gasteiger charge is -2.20. The van der Waals surface area contributed by atoms with Crippen LogP contribution in [-0.4, -0.2) is 47.4 Å². The van der Waals surface area contributed by atoms with Gasteiger partial charge in [0.15, 0.2) is 0 Å². The topological polar surface area (TPSA) is 95.9 Å². The van der Waals surface area contributed by atoms with Gasteiger partial charge in [0.1, 0.15) is 0 Å². The Bertz CT molecular complexity index is 1120. The highest BCUT2D eigenvalue weighted by atomic mass is 16.5. The Morgan fingerprint density at radius 3 is 1.10 bits per heavy atom. The molecule has 0 aromatic rings. The number of rotatable bonds is 57. The molecule has 0 aliphatic rings. The monoisotopic (exact) mass is 970 g/mol. The van der Waals surface area contributed by atoms with E-state index in [-0.39, 0.29) is 18.5 Å². The highest BCUT2D eigenvalue weighted by molar-refractivity contribution is 5.76. The van der Waals surface area contributed by atoms with E-state index in [0.717, 1.165) is 57.8 Å². The SMILES string of the molecule is CCCCCCCCCCCCCCC/C=C/C(O)C(CO)NC(=O)CCCCCCCCC/C=C\C/C=C\CCCCCCCCCCCOC(=O)CCCCCCCCCCCCCCCC. The minimum atomic E-state index is -0.851. The van der Waals surface area contributed by atoms with Crippen molar-refractivity contribution in [1.82, 2.24) is 5.32 Å². The van der Waals surface area contributed by atoms with Gasteiger partial charge in [0.25, 0.3) is 0 Å². The molecule has 0 aliphatic carbocycles. The number of aliphatic hydroxyl groups excluding tert-OH is 2. The van der Waals surface area contributed by atoms with Gasteiger partial charge < -0.3 is 20.3 Å². The van der Waals surface area contributed by atoms with Gasteiger partial charge in [0, 0.05) is 12.8 Å². The van der Waals surface area contributed by atoms with Gasteiger partial charge in [-0.1, -0.05) is 288 Å². The maximum atomic E-state index is 12.5. The molecule has 69 heavy (non-hydrogen) atoms. The van der Waals surface area contributed by atoms with E-state index >= 15 is 0 Å². The van der Waals surface area contributed by atoms with Gasteiger partial charge in [-0.25, -0.2) is 0 Å². The molecule has 2 atom stereocenters. The Labute approximate surface area is 430 Å². The molecular weight excluding hydrogens is 851 g/mol. The Morgan fingerprint density at radius 1 is 0.406 bits per heavy atom. The van der Waals surface area contributed by atoms with E-state index in [4.69, 9.17) is 4.74 Å². The molecule has 0 radical (unpaired) electrons. The molecule has 0 bridgehead atoms. The van der Waals surface area contributed by atoms with Gasteiger partial charge in [-0.05, 0) is 64.2 Å². The van der Waals surface area contributed by atoms with Crippen LogP contribution in [0.5, 0.6) is 0 Å². The predicted molar refractivity (Wildman–Crippen MR) is 301 cm³/mol. The average Bonchev–Trinajstić information content (AvgIpc) is 3.35. The first kappa shape index (κ1) is 67.1. The average molecular weight is 971 g/mol. The van der Waals surface area contributed by atoms with Crippen LogP contribution in [0.4, 0.5) is 0 Å². The van der Waals surface area contributed by atoms with Crippen LogP contribution in [0.25, 0.3) is 0 Å². The fourth-order valence-corrected chi connectivity index (χ4v) is 9.43. The Morgan fingerprint density at radius 2 is 0.725 bits per heavy atom. The van der Waals surface area contributed by atoms with Gasteiger partial charge >= 0.3 is 5.97 Å². The number of hydrogen-bond donors (Lipinski definition) is 3. The van der Waals surface area contributed by atoms with Crippen molar-refractivity contribution in [3.63, 3.8) is 0 Å². The number of carbonyl (C=O) groups excluding carboxylic acids is 2. The molecule has 6 heteroatoms. The van der Waals surface area contributed by atoms with Crippen molar-refractivity contribution in [1.29, 1.82) is 0 Å². The molecule has 0 spiro atoms. The van der Waals surface area contributed by atoms with Crippen LogP contribution in [-0.2, 0) is 14.3 Å². The standard InChI is InChI=1S/C63H119NO5/c1-3-5-7-9-11-13-15-17-28-31-35-39-43-47-51-55-61(66)60(59-65)64-62(67)56-52-48-44-40-36-32-29-26-24-22-20-19-21-23-25-27-30-34-38-42-46-50-54-58-69-63(68)57-53-49-45-41-37-33-18-16-14-12-10-8-6-4-2/h19,21-22,24,51,55,60-61,65-66H,3-18,20,23,25-50,52-54,56-59H2,1-2H3,(H,64,67)/b21-19-,24-22-,55-51+. The van der Waals surface area contributed by atoms with E-state index < -0.39 is 12.1 Å². The van der Waals surface area contributed by atoms with E-state index in [2.05, 4.69) is 43.5 Å². The molecule has 0 rings (SSSR count). The number of unbranched alkanes of at least 4 members (excludes halogenated alkanes) is 42. The Balaban J connectivity index is 3.47. The maximum Gasteiger partial charge on any atom is 0.305 e. The maximum absolute atomic E-state index is 12.5. The summed E-state index contributed by atoms with van der Waals surface area (Å²) in [6.45, 7) is 4.91. The van der Waals surface area contributed by atoms with Crippen LogP contribution in [0.1, 0.15) is 328 Å². The Hall–Kier alpha value is -1.92. The molecule has 0 aliphatic heterocycles. The van der Waals surface area contributed by atoms with Crippen LogP contribution in [0.3, 0.4) is 0 Å². The lowest BCUT2D eigenvalue weighted by atomic mass is 10.0. The summed E-state index contributed by atoms with van der Waals surface area (Å²) in [7, 11) is 0. The first-order valence-corrected chi connectivity index (χ1v) is 30.8. The summed E-state index contributed by atoms with van der Waals surface area (Å²) in [5, 5.41) is 23.1. The molecule has 0 fully saturated rings. The molecule has 406 valence electrons. The van der Waals surface area contributed by atoms with E-state index in [1.54, 1.807) is 6.08 Å². The molecule has 0 saturated heterocycles. The summed E-state index contributed by atoms with van der Waals surface area (Å²) >= 11 is 0. The third-order valence-electron chi connectivity index (χ3n) is 14.2. The van der Waals surface area contributed by atoms with Crippen molar-refractivity contribution >= 4 is 11.9 Å². The first-order valence-electron chi connectivity index (χ1n) is 30.8. The van der Waals surface area contributed by atoms with Crippen LogP contribution < -0.4 is 5.32 Å².